The number of allylic oxidation sites excluding steroid dienone is 5. The van der Waals surface area contributed by atoms with E-state index in [0.717, 1.165) is 44.4 Å². The second-order valence-electron chi connectivity index (χ2n) is 12.7. The molecule has 0 spiro atoms. The van der Waals surface area contributed by atoms with E-state index in [-0.39, 0.29) is 25.4 Å². The summed E-state index contributed by atoms with van der Waals surface area (Å²) in [6.07, 6.45) is 29.5. The van der Waals surface area contributed by atoms with Gasteiger partial charge in [-0.3, -0.25) is 9.59 Å². The molecule has 0 aromatic rings. The molecule has 262 valence electrons. The number of esters is 2. The number of hydrogen-bond acceptors (Lipinski definition) is 7. The molecule has 0 heterocycles. The highest BCUT2D eigenvalue weighted by atomic mass is 16.6. The van der Waals surface area contributed by atoms with Crippen molar-refractivity contribution in [2.75, 3.05) is 13.2 Å². The van der Waals surface area contributed by atoms with E-state index in [9.17, 15) is 24.9 Å². The van der Waals surface area contributed by atoms with E-state index in [1.165, 1.54) is 64.2 Å². The van der Waals surface area contributed by atoms with Gasteiger partial charge >= 0.3 is 11.9 Å². The summed E-state index contributed by atoms with van der Waals surface area (Å²) in [5.74, 6) is -0.0794. The van der Waals surface area contributed by atoms with Gasteiger partial charge in [0.1, 0.15) is 6.61 Å². The first-order chi connectivity index (χ1) is 21.8. The van der Waals surface area contributed by atoms with E-state index in [4.69, 9.17) is 9.47 Å². The SMILES string of the molecule is CCCCC/C=C\C/C=C\C/C=C\CC(O)C(O)CCCC(=O)O[C@@H](CO)COC(=O)CCCCCCCCCCCC(C)C. The summed E-state index contributed by atoms with van der Waals surface area (Å²) < 4.78 is 10.4. The Morgan fingerprint density at radius 3 is 1.84 bits per heavy atom. The van der Waals surface area contributed by atoms with Gasteiger partial charge in [-0.2, -0.15) is 0 Å². The second-order valence-corrected chi connectivity index (χ2v) is 12.7. The Bertz CT molecular complexity index is 774. The highest BCUT2D eigenvalue weighted by molar-refractivity contribution is 5.70. The van der Waals surface area contributed by atoms with Crippen LogP contribution in [0.5, 0.6) is 0 Å². The number of ether oxygens (including phenoxy) is 2. The molecule has 0 saturated heterocycles. The summed E-state index contributed by atoms with van der Waals surface area (Å²) >= 11 is 0. The molecule has 0 bridgehead atoms. The molecular formula is C38H68O7. The minimum absolute atomic E-state index is 0.0415. The average Bonchev–Trinajstić information content (AvgIpc) is 3.01. The van der Waals surface area contributed by atoms with Crippen LogP contribution in [0, 0.1) is 5.92 Å². The smallest absolute Gasteiger partial charge is 0.306 e. The summed E-state index contributed by atoms with van der Waals surface area (Å²) in [5.41, 5.74) is 0. The van der Waals surface area contributed by atoms with Gasteiger partial charge in [0.05, 0.1) is 18.8 Å². The fourth-order valence-corrected chi connectivity index (χ4v) is 4.90. The maximum absolute atomic E-state index is 12.2. The van der Waals surface area contributed by atoms with Crippen LogP contribution in [-0.2, 0) is 19.1 Å². The van der Waals surface area contributed by atoms with E-state index in [2.05, 4.69) is 45.1 Å². The highest BCUT2D eigenvalue weighted by Crippen LogP contribution is 2.14. The summed E-state index contributed by atoms with van der Waals surface area (Å²) in [5, 5.41) is 29.9. The molecule has 0 fully saturated rings. The van der Waals surface area contributed by atoms with Crippen LogP contribution >= 0.6 is 0 Å². The van der Waals surface area contributed by atoms with Crippen molar-refractivity contribution < 1.29 is 34.4 Å². The number of rotatable bonds is 31. The van der Waals surface area contributed by atoms with E-state index in [1.54, 1.807) is 0 Å². The Hall–Kier alpha value is -1.96. The van der Waals surface area contributed by atoms with Crippen molar-refractivity contribution in [3.05, 3.63) is 36.5 Å². The molecule has 0 saturated carbocycles. The number of hydrogen-bond donors (Lipinski definition) is 3. The summed E-state index contributed by atoms with van der Waals surface area (Å²) in [6, 6.07) is 0. The van der Waals surface area contributed by atoms with Crippen molar-refractivity contribution in [2.45, 2.75) is 174 Å². The van der Waals surface area contributed by atoms with Crippen molar-refractivity contribution in [1.82, 2.24) is 0 Å². The van der Waals surface area contributed by atoms with Crippen molar-refractivity contribution >= 4 is 11.9 Å². The Kier molecular flexibility index (Phi) is 30.6. The molecule has 3 atom stereocenters. The molecule has 0 aliphatic carbocycles. The number of unbranched alkanes of at least 4 members (excludes halogenated alkanes) is 11. The van der Waals surface area contributed by atoms with E-state index < -0.39 is 30.9 Å². The summed E-state index contributed by atoms with van der Waals surface area (Å²) in [7, 11) is 0. The number of aliphatic hydroxyl groups is 3. The average molecular weight is 637 g/mol. The van der Waals surface area contributed by atoms with E-state index >= 15 is 0 Å². The predicted molar refractivity (Wildman–Crippen MR) is 185 cm³/mol. The minimum Gasteiger partial charge on any atom is -0.462 e. The van der Waals surface area contributed by atoms with Crippen LogP contribution in [0.25, 0.3) is 0 Å². The topological polar surface area (TPSA) is 113 Å². The first-order valence-electron chi connectivity index (χ1n) is 18.1. The van der Waals surface area contributed by atoms with Crippen molar-refractivity contribution in [2.24, 2.45) is 5.92 Å². The van der Waals surface area contributed by atoms with Crippen molar-refractivity contribution in [3.8, 4) is 0 Å². The van der Waals surface area contributed by atoms with Gasteiger partial charge in [-0.1, -0.05) is 128 Å². The van der Waals surface area contributed by atoms with Gasteiger partial charge in [0.2, 0.25) is 0 Å². The maximum atomic E-state index is 12.2. The molecule has 0 aromatic carbocycles. The molecule has 7 nitrogen and oxygen atoms in total. The zero-order chi connectivity index (χ0) is 33.4. The molecule has 45 heavy (non-hydrogen) atoms. The lowest BCUT2D eigenvalue weighted by atomic mass is 10.0. The molecule has 0 radical (unpaired) electrons. The predicted octanol–water partition coefficient (Wildman–Crippen LogP) is 8.69. The van der Waals surface area contributed by atoms with Crippen LogP contribution in [-0.4, -0.2) is 58.8 Å². The van der Waals surface area contributed by atoms with Gasteiger partial charge in [-0.15, -0.1) is 0 Å². The van der Waals surface area contributed by atoms with Gasteiger partial charge in [0.15, 0.2) is 6.10 Å². The van der Waals surface area contributed by atoms with Gasteiger partial charge in [0.25, 0.3) is 0 Å². The van der Waals surface area contributed by atoms with Crippen molar-refractivity contribution in [3.63, 3.8) is 0 Å². The fourth-order valence-electron chi connectivity index (χ4n) is 4.90. The molecular weight excluding hydrogens is 568 g/mol. The number of carbonyl (C=O) groups is 2. The number of carbonyl (C=O) groups excluding carboxylic acids is 2. The fraction of sp³-hybridized carbons (Fsp3) is 0.789. The Morgan fingerprint density at radius 1 is 0.644 bits per heavy atom. The van der Waals surface area contributed by atoms with Crippen LogP contribution < -0.4 is 0 Å². The lowest BCUT2D eigenvalue weighted by Crippen LogP contribution is -2.29. The Labute approximate surface area is 275 Å². The van der Waals surface area contributed by atoms with Crippen LogP contribution in [0.2, 0.25) is 0 Å². The second kappa shape index (κ2) is 32.0. The third-order valence-electron chi connectivity index (χ3n) is 7.82. The van der Waals surface area contributed by atoms with Gasteiger partial charge in [-0.25, -0.2) is 0 Å². The van der Waals surface area contributed by atoms with Gasteiger partial charge in [0, 0.05) is 12.8 Å². The summed E-state index contributed by atoms with van der Waals surface area (Å²) in [4.78, 5) is 24.2. The molecule has 0 aliphatic rings. The Balaban J connectivity index is 3.87. The zero-order valence-corrected chi connectivity index (χ0v) is 29.0. The van der Waals surface area contributed by atoms with Crippen LogP contribution in [0.1, 0.15) is 156 Å². The first kappa shape index (κ1) is 43.0. The molecule has 0 aliphatic heterocycles. The first-order valence-corrected chi connectivity index (χ1v) is 18.1. The minimum atomic E-state index is -0.940. The lowest BCUT2D eigenvalue weighted by Gasteiger charge is -2.17. The third-order valence-corrected chi connectivity index (χ3v) is 7.82. The van der Waals surface area contributed by atoms with Gasteiger partial charge in [-0.05, 0) is 57.3 Å². The molecule has 2 unspecified atom stereocenters. The standard InChI is InChI=1S/C38H68O7/c1-4-5-6-7-8-9-10-11-14-17-20-23-27-35(40)36(41)28-25-30-38(43)45-34(31-39)32-44-37(42)29-24-21-18-15-12-13-16-19-22-26-33(2)3/h8-9,11,14,20,23,33-36,39-41H,4-7,10,12-13,15-19,21-22,24-32H2,1-3H3/b9-8-,14-11-,23-20-/t34-,35?,36?/m0/s1. The third kappa shape index (κ3) is 30.5. The van der Waals surface area contributed by atoms with Crippen LogP contribution in [0.3, 0.4) is 0 Å². The molecule has 3 N–H and O–H groups in total. The van der Waals surface area contributed by atoms with Crippen molar-refractivity contribution in [1.29, 1.82) is 0 Å². The molecule has 0 amide bonds. The zero-order valence-electron chi connectivity index (χ0n) is 29.0. The normalized spacial score (nSPS) is 14.1. The van der Waals surface area contributed by atoms with Crippen LogP contribution in [0.15, 0.2) is 36.5 Å². The largest absolute Gasteiger partial charge is 0.462 e. The van der Waals surface area contributed by atoms with Gasteiger partial charge < -0.3 is 24.8 Å². The monoisotopic (exact) mass is 636 g/mol. The Morgan fingerprint density at radius 2 is 1.22 bits per heavy atom. The van der Waals surface area contributed by atoms with Crippen LogP contribution in [0.4, 0.5) is 0 Å². The molecule has 0 aromatic heterocycles. The molecule has 7 heteroatoms. The maximum Gasteiger partial charge on any atom is 0.306 e. The number of aliphatic hydroxyl groups excluding tert-OH is 3. The highest BCUT2D eigenvalue weighted by Gasteiger charge is 2.18. The van der Waals surface area contributed by atoms with E-state index in [1.807, 2.05) is 12.2 Å². The molecule has 0 rings (SSSR count). The quantitative estimate of drug-likeness (QED) is 0.0396. The van der Waals surface area contributed by atoms with E-state index in [0.29, 0.717) is 19.3 Å². The lowest BCUT2D eigenvalue weighted by molar-refractivity contribution is -0.161. The summed E-state index contributed by atoms with van der Waals surface area (Å²) in [6.45, 7) is 6.15.